The number of aryl methyl sites for hydroxylation is 1. The molecule has 2 aromatic rings. The Balaban J connectivity index is 2.55. The highest BCUT2D eigenvalue weighted by molar-refractivity contribution is 6.01. The Kier molecular flexibility index (Phi) is 3.96. The van der Waals surface area contributed by atoms with E-state index >= 15 is 0 Å². The molecule has 1 amide bonds. The number of benzene rings is 2. The van der Waals surface area contributed by atoms with Crippen LogP contribution in [0.2, 0.25) is 0 Å². The van der Waals surface area contributed by atoms with Crippen LogP contribution < -0.4 is 0 Å². The van der Waals surface area contributed by atoms with Crippen molar-refractivity contribution in [1.82, 2.24) is 5.06 Å². The van der Waals surface area contributed by atoms with Crippen LogP contribution in [0.4, 0.5) is 0 Å². The molecule has 0 aliphatic carbocycles. The van der Waals surface area contributed by atoms with E-state index in [0.717, 1.165) is 16.7 Å². The van der Waals surface area contributed by atoms with Gasteiger partial charge in [0.2, 0.25) is 0 Å². The largest absolute Gasteiger partial charge is 0.298 e. The zero-order valence-corrected chi connectivity index (χ0v) is 11.3. The molecule has 0 atom stereocenters. The highest BCUT2D eigenvalue weighted by Crippen LogP contribution is 2.23. The fraction of sp³-hybridized carbons (Fsp3) is 0.125. The summed E-state index contributed by atoms with van der Waals surface area (Å²) in [4.78, 5) is 22.9. The fourth-order valence-electron chi connectivity index (χ4n) is 2.02. The normalized spacial score (nSPS) is 10.2. The van der Waals surface area contributed by atoms with Crippen molar-refractivity contribution in [2.24, 2.45) is 0 Å². The van der Waals surface area contributed by atoms with Crippen molar-refractivity contribution < 1.29 is 14.8 Å². The molecule has 0 aliphatic heterocycles. The van der Waals surface area contributed by atoms with Gasteiger partial charge in [0, 0.05) is 12.6 Å². The number of hydrogen-bond donors (Lipinski definition) is 1. The highest BCUT2D eigenvalue weighted by Gasteiger charge is 2.15. The van der Waals surface area contributed by atoms with Gasteiger partial charge in [-0.2, -0.15) is 0 Å². The first-order valence-electron chi connectivity index (χ1n) is 6.16. The maximum absolute atomic E-state index is 11.9. The number of hydrogen-bond acceptors (Lipinski definition) is 3. The molecule has 0 fully saturated rings. The molecule has 0 saturated carbocycles. The second-order valence-corrected chi connectivity index (χ2v) is 4.62. The van der Waals surface area contributed by atoms with Crippen molar-refractivity contribution in [3.63, 3.8) is 0 Å². The molecule has 2 aromatic carbocycles. The first-order valence-corrected chi connectivity index (χ1v) is 6.16. The van der Waals surface area contributed by atoms with E-state index in [2.05, 4.69) is 0 Å². The van der Waals surface area contributed by atoms with Crippen molar-refractivity contribution in [2.75, 3.05) is 7.05 Å². The zero-order chi connectivity index (χ0) is 14.7. The second kappa shape index (κ2) is 5.67. The summed E-state index contributed by atoms with van der Waals surface area (Å²) in [5, 5.41) is 9.74. The van der Waals surface area contributed by atoms with Gasteiger partial charge in [-0.15, -0.1) is 0 Å². The van der Waals surface area contributed by atoms with E-state index < -0.39 is 5.91 Å². The molecule has 0 unspecified atom stereocenters. The van der Waals surface area contributed by atoms with Crippen LogP contribution in [0, 0.1) is 6.92 Å². The van der Waals surface area contributed by atoms with Gasteiger partial charge in [-0.1, -0.05) is 42.0 Å². The zero-order valence-electron chi connectivity index (χ0n) is 11.3. The van der Waals surface area contributed by atoms with E-state index in [0.29, 0.717) is 11.3 Å². The summed E-state index contributed by atoms with van der Waals surface area (Å²) < 4.78 is 0. The lowest BCUT2D eigenvalue weighted by atomic mass is 9.98. The van der Waals surface area contributed by atoms with Crippen LogP contribution in [0.3, 0.4) is 0 Å². The van der Waals surface area contributed by atoms with Crippen molar-refractivity contribution in [2.45, 2.75) is 6.92 Å². The molecule has 0 radical (unpaired) electrons. The van der Waals surface area contributed by atoms with E-state index in [1.54, 1.807) is 18.2 Å². The lowest BCUT2D eigenvalue weighted by molar-refractivity contribution is -0.0375. The van der Waals surface area contributed by atoms with Crippen LogP contribution in [0.15, 0.2) is 42.5 Å². The lowest BCUT2D eigenvalue weighted by Gasteiger charge is -2.12. The van der Waals surface area contributed by atoms with Gasteiger partial charge < -0.3 is 0 Å². The van der Waals surface area contributed by atoms with Crippen LogP contribution in [-0.2, 0) is 0 Å². The monoisotopic (exact) mass is 269 g/mol. The molecule has 0 spiro atoms. The molecule has 1 N–H and O–H groups in total. The third kappa shape index (κ3) is 2.75. The SMILES string of the molecule is Cc1cccc(-c2ccc(C=O)c(C(=O)N(C)O)c2)c1. The summed E-state index contributed by atoms with van der Waals surface area (Å²) in [6, 6.07) is 12.8. The third-order valence-electron chi connectivity index (χ3n) is 3.06. The smallest absolute Gasteiger partial charge is 0.277 e. The molecule has 102 valence electrons. The predicted molar refractivity (Wildman–Crippen MR) is 75.9 cm³/mol. The average molecular weight is 269 g/mol. The topological polar surface area (TPSA) is 57.6 Å². The molecule has 0 bridgehead atoms. The Bertz CT molecular complexity index is 663. The highest BCUT2D eigenvalue weighted by atomic mass is 16.5. The minimum Gasteiger partial charge on any atom is -0.298 e. The number of nitrogens with zero attached hydrogens (tertiary/aromatic N) is 1. The van der Waals surface area contributed by atoms with E-state index in [9.17, 15) is 14.8 Å². The number of amides is 1. The van der Waals surface area contributed by atoms with Crippen LogP contribution in [0.1, 0.15) is 26.3 Å². The van der Waals surface area contributed by atoms with Gasteiger partial charge in [0.25, 0.3) is 5.91 Å². The molecule has 20 heavy (non-hydrogen) atoms. The molecule has 4 nitrogen and oxygen atoms in total. The number of carbonyl (C=O) groups is 2. The number of carbonyl (C=O) groups excluding carboxylic acids is 2. The molecule has 0 saturated heterocycles. The minimum absolute atomic E-state index is 0.184. The summed E-state index contributed by atoms with van der Waals surface area (Å²) in [5.41, 5.74) is 3.33. The number of rotatable bonds is 3. The van der Waals surface area contributed by atoms with Crippen LogP contribution >= 0.6 is 0 Å². The van der Waals surface area contributed by atoms with E-state index in [4.69, 9.17) is 0 Å². The summed E-state index contributed by atoms with van der Waals surface area (Å²) in [7, 11) is 1.23. The second-order valence-electron chi connectivity index (χ2n) is 4.62. The van der Waals surface area contributed by atoms with Crippen molar-refractivity contribution in [3.05, 3.63) is 59.2 Å². The van der Waals surface area contributed by atoms with E-state index in [1.807, 2.05) is 31.2 Å². The molecule has 0 aromatic heterocycles. The minimum atomic E-state index is -0.610. The average Bonchev–Trinajstić information content (AvgIpc) is 2.45. The van der Waals surface area contributed by atoms with E-state index in [1.165, 1.54) is 7.05 Å². The maximum atomic E-state index is 11.9. The van der Waals surface area contributed by atoms with Gasteiger partial charge in [0.1, 0.15) is 0 Å². The van der Waals surface area contributed by atoms with Gasteiger partial charge in [0.15, 0.2) is 6.29 Å². The molecular formula is C16H15NO3. The van der Waals surface area contributed by atoms with Crippen LogP contribution in [0.5, 0.6) is 0 Å². The van der Waals surface area contributed by atoms with Crippen molar-refractivity contribution in [1.29, 1.82) is 0 Å². The van der Waals surface area contributed by atoms with Gasteiger partial charge in [-0.3, -0.25) is 14.8 Å². The Morgan fingerprint density at radius 2 is 1.85 bits per heavy atom. The van der Waals surface area contributed by atoms with Crippen LogP contribution in [-0.4, -0.2) is 29.5 Å². The van der Waals surface area contributed by atoms with Gasteiger partial charge in [0.05, 0.1) is 5.56 Å². The van der Waals surface area contributed by atoms with E-state index in [-0.39, 0.29) is 11.1 Å². The predicted octanol–water partition coefficient (Wildman–Crippen LogP) is 2.94. The van der Waals surface area contributed by atoms with Crippen molar-refractivity contribution >= 4 is 12.2 Å². The van der Waals surface area contributed by atoms with Crippen LogP contribution in [0.25, 0.3) is 11.1 Å². The summed E-state index contributed by atoms with van der Waals surface area (Å²) in [5.74, 6) is -0.610. The summed E-state index contributed by atoms with van der Waals surface area (Å²) in [6.07, 6.45) is 0.608. The quantitative estimate of drug-likeness (QED) is 0.529. The molecular weight excluding hydrogens is 254 g/mol. The molecule has 2 rings (SSSR count). The van der Waals surface area contributed by atoms with Gasteiger partial charge in [-0.05, 0) is 24.1 Å². The van der Waals surface area contributed by atoms with Gasteiger partial charge in [-0.25, -0.2) is 5.06 Å². The summed E-state index contributed by atoms with van der Waals surface area (Å²) >= 11 is 0. The number of hydroxylamine groups is 2. The maximum Gasteiger partial charge on any atom is 0.277 e. The van der Waals surface area contributed by atoms with Gasteiger partial charge >= 0.3 is 0 Å². The Morgan fingerprint density at radius 1 is 1.15 bits per heavy atom. The molecule has 0 aliphatic rings. The fourth-order valence-corrected chi connectivity index (χ4v) is 2.02. The third-order valence-corrected chi connectivity index (χ3v) is 3.06. The molecule has 0 heterocycles. The molecule has 4 heteroatoms. The lowest BCUT2D eigenvalue weighted by Crippen LogP contribution is -2.23. The first-order chi connectivity index (χ1) is 9.52. The Labute approximate surface area is 117 Å². The summed E-state index contributed by atoms with van der Waals surface area (Å²) in [6.45, 7) is 1.98. The Hall–Kier alpha value is -2.46. The first kappa shape index (κ1) is 14.0. The Morgan fingerprint density at radius 3 is 2.45 bits per heavy atom. The standard InChI is InChI=1S/C16H15NO3/c1-11-4-3-5-12(8-11)13-6-7-14(10-18)15(9-13)16(19)17(2)20/h3-10,20H,1-2H3. The number of aldehydes is 1. The van der Waals surface area contributed by atoms with Crippen molar-refractivity contribution in [3.8, 4) is 11.1 Å².